The van der Waals surface area contributed by atoms with E-state index in [-0.39, 0.29) is 0 Å². The van der Waals surface area contributed by atoms with Gasteiger partial charge in [-0.3, -0.25) is 4.84 Å². The first kappa shape index (κ1) is 34.6. The third-order valence-electron chi connectivity index (χ3n) is 5.89. The van der Waals surface area contributed by atoms with Crippen LogP contribution in [0, 0.1) is 0 Å². The van der Waals surface area contributed by atoms with E-state index in [4.69, 9.17) is 22.9 Å². The summed E-state index contributed by atoms with van der Waals surface area (Å²) in [6.07, 6.45) is 11.0. The molecule has 0 saturated heterocycles. The Labute approximate surface area is 214 Å². The molecule has 0 aliphatic heterocycles. The lowest BCUT2D eigenvalue weighted by Crippen LogP contribution is -2.39. The average molecular weight is 528 g/mol. The molecule has 0 aromatic carbocycles. The van der Waals surface area contributed by atoms with Gasteiger partial charge in [0.2, 0.25) is 0 Å². The normalized spacial score (nSPS) is 13.7. The minimum absolute atomic E-state index is 0.337. The maximum absolute atomic E-state index is 6.40. The number of hydrogen-bond acceptors (Lipinski definition) is 6. The van der Waals surface area contributed by atoms with E-state index in [9.17, 15) is 0 Å². The van der Waals surface area contributed by atoms with Crippen molar-refractivity contribution in [3.63, 3.8) is 0 Å². The van der Waals surface area contributed by atoms with Gasteiger partial charge in [0.15, 0.2) is 0 Å². The highest BCUT2D eigenvalue weighted by Gasteiger charge is 2.43. The molecule has 0 N–H and O–H groups in total. The summed E-state index contributed by atoms with van der Waals surface area (Å²) >= 11 is 0. The van der Waals surface area contributed by atoms with Gasteiger partial charge in [-0.25, -0.2) is 18.1 Å². The molecular formula is C26H59NO5P2+2. The molecule has 1 atom stereocenters. The quantitative estimate of drug-likeness (QED) is 0.0880. The molecule has 6 nitrogen and oxygen atoms in total. The standard InChI is InChI=1S/C26H59NO5P2/c1-9-19-28-27(18-25-34(16-8,31-22-12-4)32-23-13-5)26(14-6)17-24-33(15-7,29-20-10-2)30-21-11-3/h26H,9-25H2,1-8H3/q+2. The molecule has 0 amide bonds. The Hall–Kier alpha value is 0.620. The van der Waals surface area contributed by atoms with Crippen LogP contribution in [0.15, 0.2) is 0 Å². The zero-order valence-corrected chi connectivity index (χ0v) is 25.8. The Bertz CT molecular complexity index is 443. The predicted octanol–water partition coefficient (Wildman–Crippen LogP) is 8.24. The summed E-state index contributed by atoms with van der Waals surface area (Å²) in [4.78, 5) is 6.33. The van der Waals surface area contributed by atoms with Gasteiger partial charge >= 0.3 is 0 Å². The van der Waals surface area contributed by atoms with Gasteiger partial charge in [-0.05, 0) is 52.4 Å². The SMILES string of the molecule is CCCON(CC[P+](CC)(OCCC)OCCC)C(CC)CC[P+](CC)(OCCC)OCCC. The van der Waals surface area contributed by atoms with E-state index in [2.05, 4.69) is 60.5 Å². The number of nitrogens with zero attached hydrogens (tertiary/aromatic N) is 1. The van der Waals surface area contributed by atoms with Gasteiger partial charge in [0.25, 0.3) is 15.4 Å². The molecule has 0 aromatic heterocycles. The molecule has 206 valence electrons. The Morgan fingerprint density at radius 3 is 1.32 bits per heavy atom. The Morgan fingerprint density at radius 2 is 0.971 bits per heavy atom. The first-order chi connectivity index (χ1) is 16.5. The molecule has 0 aromatic rings. The summed E-state index contributed by atoms with van der Waals surface area (Å²) < 4.78 is 25.6. The van der Waals surface area contributed by atoms with E-state index in [1.165, 1.54) is 0 Å². The van der Waals surface area contributed by atoms with Gasteiger partial charge in [0, 0.05) is 12.5 Å². The fourth-order valence-electron chi connectivity index (χ4n) is 3.75. The predicted molar refractivity (Wildman–Crippen MR) is 151 cm³/mol. The van der Waals surface area contributed by atoms with Crippen LogP contribution in [0.25, 0.3) is 0 Å². The van der Waals surface area contributed by atoms with Gasteiger partial charge in [0.1, 0.15) is 24.6 Å². The van der Waals surface area contributed by atoms with Crippen LogP contribution < -0.4 is 0 Å². The van der Waals surface area contributed by atoms with Crippen LogP contribution in [0.1, 0.15) is 100 Å². The molecule has 0 spiro atoms. The topological polar surface area (TPSA) is 49.4 Å². The highest BCUT2D eigenvalue weighted by atomic mass is 31.2. The molecule has 0 heterocycles. The lowest BCUT2D eigenvalue weighted by Gasteiger charge is -2.33. The van der Waals surface area contributed by atoms with Crippen LogP contribution in [-0.2, 0) is 22.9 Å². The van der Waals surface area contributed by atoms with Crippen LogP contribution in [-0.4, -0.2) is 75.3 Å². The molecule has 34 heavy (non-hydrogen) atoms. The fourth-order valence-corrected chi connectivity index (χ4v) is 9.04. The maximum Gasteiger partial charge on any atom is 0.276 e. The lowest BCUT2D eigenvalue weighted by atomic mass is 10.1. The maximum atomic E-state index is 6.40. The molecule has 0 aliphatic rings. The van der Waals surface area contributed by atoms with Crippen molar-refractivity contribution in [2.24, 2.45) is 0 Å². The summed E-state index contributed by atoms with van der Waals surface area (Å²) in [5, 5.41) is 2.24. The fraction of sp³-hybridized carbons (Fsp3) is 1.00. The second-order valence-corrected chi connectivity index (χ2v) is 15.3. The van der Waals surface area contributed by atoms with Crippen molar-refractivity contribution >= 4 is 15.4 Å². The summed E-state index contributed by atoms with van der Waals surface area (Å²) in [6.45, 7) is 22.2. The molecule has 8 heteroatoms. The third-order valence-corrected chi connectivity index (χ3v) is 12.3. The van der Waals surface area contributed by atoms with Crippen molar-refractivity contribution in [2.75, 3.05) is 64.2 Å². The van der Waals surface area contributed by atoms with E-state index in [1.807, 2.05) is 0 Å². The second-order valence-electron chi connectivity index (χ2n) is 8.87. The monoisotopic (exact) mass is 527 g/mol. The van der Waals surface area contributed by atoms with E-state index in [0.717, 1.165) is 109 Å². The molecular weight excluding hydrogens is 468 g/mol. The smallest absolute Gasteiger partial charge is 0.276 e. The van der Waals surface area contributed by atoms with E-state index < -0.39 is 15.4 Å². The zero-order chi connectivity index (χ0) is 25.7. The molecule has 0 aliphatic carbocycles. The van der Waals surface area contributed by atoms with Crippen LogP contribution in [0.3, 0.4) is 0 Å². The van der Waals surface area contributed by atoms with Gasteiger partial charge in [0.05, 0.1) is 39.6 Å². The van der Waals surface area contributed by atoms with Gasteiger partial charge < -0.3 is 0 Å². The first-order valence-corrected chi connectivity index (χ1v) is 18.2. The van der Waals surface area contributed by atoms with E-state index in [0.29, 0.717) is 6.04 Å². The second kappa shape index (κ2) is 21.7. The average Bonchev–Trinajstić information content (AvgIpc) is 2.87. The summed E-state index contributed by atoms with van der Waals surface area (Å²) in [5.74, 6) is 0. The minimum atomic E-state index is -1.90. The molecule has 0 rings (SSSR count). The molecule has 0 radical (unpaired) electrons. The number of hydroxylamine groups is 2. The van der Waals surface area contributed by atoms with Crippen molar-refractivity contribution in [1.82, 2.24) is 5.06 Å². The van der Waals surface area contributed by atoms with Gasteiger partial charge in [-0.15, -0.1) is 0 Å². The third kappa shape index (κ3) is 13.8. The van der Waals surface area contributed by atoms with Crippen LogP contribution in [0.4, 0.5) is 0 Å². The van der Waals surface area contributed by atoms with Gasteiger partial charge in [-0.2, -0.15) is 5.06 Å². The largest absolute Gasteiger partial charge is 0.299 e. The number of rotatable bonds is 25. The lowest BCUT2D eigenvalue weighted by molar-refractivity contribution is -0.184. The van der Waals surface area contributed by atoms with Crippen molar-refractivity contribution < 1.29 is 22.9 Å². The highest BCUT2D eigenvalue weighted by molar-refractivity contribution is 7.66. The molecule has 0 bridgehead atoms. The zero-order valence-electron chi connectivity index (χ0n) is 24.0. The summed E-state index contributed by atoms with van der Waals surface area (Å²) in [7, 11) is -3.75. The van der Waals surface area contributed by atoms with Crippen molar-refractivity contribution in [2.45, 2.75) is 106 Å². The molecule has 1 unspecified atom stereocenters. The van der Waals surface area contributed by atoms with E-state index >= 15 is 0 Å². The van der Waals surface area contributed by atoms with E-state index in [1.54, 1.807) is 0 Å². The van der Waals surface area contributed by atoms with Gasteiger partial charge in [-0.1, -0.05) is 41.5 Å². The minimum Gasteiger partial charge on any atom is -0.299 e. The number of hydrogen-bond donors (Lipinski definition) is 0. The summed E-state index contributed by atoms with van der Waals surface area (Å²) in [6, 6.07) is 0.337. The van der Waals surface area contributed by atoms with Crippen molar-refractivity contribution in [1.29, 1.82) is 0 Å². The Morgan fingerprint density at radius 1 is 0.559 bits per heavy atom. The molecule has 0 fully saturated rings. The molecule has 0 saturated carbocycles. The Kier molecular flexibility index (Phi) is 22.1. The van der Waals surface area contributed by atoms with Crippen molar-refractivity contribution in [3.8, 4) is 0 Å². The van der Waals surface area contributed by atoms with Crippen LogP contribution in [0.2, 0.25) is 0 Å². The van der Waals surface area contributed by atoms with Crippen LogP contribution in [0.5, 0.6) is 0 Å². The first-order valence-electron chi connectivity index (χ1n) is 14.2. The Balaban J connectivity index is 5.44. The van der Waals surface area contributed by atoms with Crippen LogP contribution >= 0.6 is 15.4 Å². The summed E-state index contributed by atoms with van der Waals surface area (Å²) in [5.41, 5.74) is 0. The van der Waals surface area contributed by atoms with Crippen molar-refractivity contribution in [3.05, 3.63) is 0 Å². The highest BCUT2D eigenvalue weighted by Crippen LogP contribution is 2.62.